The molecule has 4 aromatic rings. The number of ether oxygens (including phenoxy) is 2. The van der Waals surface area contributed by atoms with Crippen LogP contribution in [0, 0.1) is 12.7 Å². The highest BCUT2D eigenvalue weighted by molar-refractivity contribution is 7.92. The fourth-order valence-corrected chi connectivity index (χ4v) is 5.56. The summed E-state index contributed by atoms with van der Waals surface area (Å²) >= 11 is 0. The van der Waals surface area contributed by atoms with Crippen LogP contribution in [0.2, 0.25) is 0 Å². The zero-order valence-corrected chi connectivity index (χ0v) is 22.6. The van der Waals surface area contributed by atoms with Crippen molar-refractivity contribution in [1.29, 1.82) is 0 Å². The van der Waals surface area contributed by atoms with Gasteiger partial charge in [0.05, 0.1) is 30.8 Å². The molecule has 1 N–H and O–H groups in total. The van der Waals surface area contributed by atoms with Crippen molar-refractivity contribution in [3.63, 3.8) is 0 Å². The fraction of sp³-hybridized carbons (Fsp3) is 0.167. The van der Waals surface area contributed by atoms with Crippen molar-refractivity contribution < 1.29 is 27.1 Å². The molecule has 0 saturated carbocycles. The molecule has 0 heterocycles. The molecule has 1 amide bonds. The number of aryl methyl sites for hydroxylation is 1. The molecule has 0 aliphatic carbocycles. The molecule has 9 heteroatoms. The second-order valence-electron chi connectivity index (χ2n) is 8.83. The van der Waals surface area contributed by atoms with Gasteiger partial charge in [0.25, 0.3) is 10.0 Å². The van der Waals surface area contributed by atoms with Crippen molar-refractivity contribution in [2.24, 2.45) is 0 Å². The molecule has 0 saturated heterocycles. The van der Waals surface area contributed by atoms with Crippen LogP contribution in [0.4, 0.5) is 10.1 Å². The fourth-order valence-electron chi connectivity index (χ4n) is 4.13. The minimum Gasteiger partial charge on any atom is -0.493 e. The summed E-state index contributed by atoms with van der Waals surface area (Å²) in [7, 11) is -1.44. The summed E-state index contributed by atoms with van der Waals surface area (Å²) < 4.78 is 52.8. The van der Waals surface area contributed by atoms with Crippen LogP contribution in [-0.4, -0.2) is 35.1 Å². The van der Waals surface area contributed by atoms with Crippen LogP contribution >= 0.6 is 0 Å². The van der Waals surface area contributed by atoms with E-state index in [1.807, 2.05) is 61.5 Å². The maximum absolute atomic E-state index is 13.8. The van der Waals surface area contributed by atoms with Gasteiger partial charge in [0, 0.05) is 6.07 Å². The van der Waals surface area contributed by atoms with E-state index in [1.54, 1.807) is 0 Å². The standard InChI is InChI=1S/C30H29FN2O5S/c1-21-9-11-23(12-10-21)30(22-7-5-4-6-8-22)32-29(34)20-33(25-15-13-24(31)14-16-25)39(35,36)26-17-18-27(37-2)28(19-26)38-3/h4-19,30H,20H2,1-3H3,(H,32,34)/t30-/m1/s1. The van der Waals surface area contributed by atoms with Crippen LogP contribution in [-0.2, 0) is 14.8 Å². The number of hydrogen-bond donors (Lipinski definition) is 1. The molecule has 0 aliphatic heterocycles. The van der Waals surface area contributed by atoms with Crippen molar-refractivity contribution in [2.45, 2.75) is 17.9 Å². The van der Waals surface area contributed by atoms with Gasteiger partial charge in [0.15, 0.2) is 11.5 Å². The van der Waals surface area contributed by atoms with E-state index in [9.17, 15) is 17.6 Å². The number of nitrogens with one attached hydrogen (secondary N) is 1. The second-order valence-corrected chi connectivity index (χ2v) is 10.7. The molecule has 0 spiro atoms. The van der Waals surface area contributed by atoms with Crippen molar-refractivity contribution in [2.75, 3.05) is 25.1 Å². The Kier molecular flexibility index (Phi) is 8.51. The molecule has 0 fully saturated rings. The number of amides is 1. The topological polar surface area (TPSA) is 84.9 Å². The minimum atomic E-state index is -4.28. The molecule has 4 rings (SSSR count). The van der Waals surface area contributed by atoms with Crippen molar-refractivity contribution >= 4 is 21.6 Å². The molecule has 0 unspecified atom stereocenters. The van der Waals surface area contributed by atoms with E-state index in [-0.39, 0.29) is 16.3 Å². The lowest BCUT2D eigenvalue weighted by Gasteiger charge is -2.26. The van der Waals surface area contributed by atoms with Crippen LogP contribution in [0.5, 0.6) is 11.5 Å². The Bertz CT molecular complexity index is 1530. The van der Waals surface area contributed by atoms with Gasteiger partial charge in [-0.15, -0.1) is 0 Å². The third-order valence-corrected chi connectivity index (χ3v) is 7.96. The van der Waals surface area contributed by atoms with Gasteiger partial charge in [-0.2, -0.15) is 0 Å². The summed E-state index contributed by atoms with van der Waals surface area (Å²) in [4.78, 5) is 13.4. The van der Waals surface area contributed by atoms with Crippen LogP contribution < -0.4 is 19.1 Å². The van der Waals surface area contributed by atoms with E-state index in [2.05, 4.69) is 5.32 Å². The van der Waals surface area contributed by atoms with E-state index in [0.717, 1.165) is 33.1 Å². The Morgan fingerprint density at radius 3 is 2.08 bits per heavy atom. The SMILES string of the molecule is COc1ccc(S(=O)(=O)N(CC(=O)N[C@H](c2ccccc2)c2ccc(C)cc2)c2ccc(F)cc2)cc1OC. The van der Waals surface area contributed by atoms with Crippen LogP contribution in [0.25, 0.3) is 0 Å². The predicted molar refractivity (Wildman–Crippen MR) is 148 cm³/mol. The first-order chi connectivity index (χ1) is 18.7. The number of anilines is 1. The third-order valence-electron chi connectivity index (χ3n) is 6.19. The summed E-state index contributed by atoms with van der Waals surface area (Å²) in [6, 6.07) is 25.7. The molecule has 0 radical (unpaired) electrons. The highest BCUT2D eigenvalue weighted by Crippen LogP contribution is 2.32. The molecule has 0 bridgehead atoms. The zero-order chi connectivity index (χ0) is 28.0. The van der Waals surface area contributed by atoms with Gasteiger partial charge in [-0.25, -0.2) is 12.8 Å². The van der Waals surface area contributed by atoms with Crippen molar-refractivity contribution in [3.8, 4) is 11.5 Å². The Hall–Kier alpha value is -4.37. The molecular weight excluding hydrogens is 519 g/mol. The summed E-state index contributed by atoms with van der Waals surface area (Å²) in [5.41, 5.74) is 2.88. The van der Waals surface area contributed by atoms with E-state index >= 15 is 0 Å². The predicted octanol–water partition coefficient (Wildman–Crippen LogP) is 5.25. The molecule has 4 aromatic carbocycles. The second kappa shape index (κ2) is 12.0. The average molecular weight is 549 g/mol. The molecule has 0 aromatic heterocycles. The van der Waals surface area contributed by atoms with Gasteiger partial charge < -0.3 is 14.8 Å². The number of nitrogens with zero attached hydrogens (tertiary/aromatic N) is 1. The van der Waals surface area contributed by atoms with Gasteiger partial charge in [0.2, 0.25) is 5.91 Å². The number of sulfonamides is 1. The van der Waals surface area contributed by atoms with Crippen molar-refractivity contribution in [1.82, 2.24) is 5.32 Å². The Labute approximate surface area is 227 Å². The summed E-state index contributed by atoms with van der Waals surface area (Å²) in [6.07, 6.45) is 0. The number of halogens is 1. The Morgan fingerprint density at radius 1 is 0.846 bits per heavy atom. The van der Waals surface area contributed by atoms with E-state index in [0.29, 0.717) is 5.75 Å². The number of rotatable bonds is 10. The van der Waals surface area contributed by atoms with Gasteiger partial charge in [-0.1, -0.05) is 60.2 Å². The summed E-state index contributed by atoms with van der Waals surface area (Å²) in [6.45, 7) is 1.43. The zero-order valence-electron chi connectivity index (χ0n) is 21.8. The largest absolute Gasteiger partial charge is 0.493 e. The number of benzene rings is 4. The lowest BCUT2D eigenvalue weighted by atomic mass is 9.98. The van der Waals surface area contributed by atoms with Crippen molar-refractivity contribution in [3.05, 3.63) is 120 Å². The lowest BCUT2D eigenvalue weighted by molar-refractivity contribution is -0.120. The Balaban J connectivity index is 1.70. The first-order valence-corrected chi connectivity index (χ1v) is 13.6. The molecule has 39 heavy (non-hydrogen) atoms. The van der Waals surface area contributed by atoms with E-state index < -0.39 is 34.3 Å². The van der Waals surface area contributed by atoms with E-state index in [4.69, 9.17) is 9.47 Å². The smallest absolute Gasteiger partial charge is 0.264 e. The molecular formula is C30H29FN2O5S. The van der Waals surface area contributed by atoms with Crippen LogP contribution in [0.3, 0.4) is 0 Å². The van der Waals surface area contributed by atoms with Crippen LogP contribution in [0.15, 0.2) is 102 Å². The average Bonchev–Trinajstić information content (AvgIpc) is 2.95. The number of hydrogen-bond acceptors (Lipinski definition) is 5. The van der Waals surface area contributed by atoms with Gasteiger partial charge in [-0.05, 0) is 54.4 Å². The summed E-state index contributed by atoms with van der Waals surface area (Å²) in [5, 5.41) is 2.98. The van der Waals surface area contributed by atoms with Gasteiger partial charge >= 0.3 is 0 Å². The minimum absolute atomic E-state index is 0.115. The van der Waals surface area contributed by atoms with Gasteiger partial charge in [0.1, 0.15) is 12.4 Å². The highest BCUT2D eigenvalue weighted by Gasteiger charge is 2.29. The molecule has 0 aliphatic rings. The first-order valence-electron chi connectivity index (χ1n) is 12.1. The monoisotopic (exact) mass is 548 g/mol. The third kappa shape index (κ3) is 6.38. The number of carbonyl (C=O) groups is 1. The maximum Gasteiger partial charge on any atom is 0.264 e. The normalized spacial score (nSPS) is 11.9. The molecule has 202 valence electrons. The Morgan fingerprint density at radius 2 is 1.46 bits per heavy atom. The number of carbonyl (C=O) groups excluding carboxylic acids is 1. The molecule has 1 atom stereocenters. The quantitative estimate of drug-likeness (QED) is 0.293. The van der Waals surface area contributed by atoms with E-state index in [1.165, 1.54) is 44.6 Å². The highest BCUT2D eigenvalue weighted by atomic mass is 32.2. The maximum atomic E-state index is 13.8. The summed E-state index contributed by atoms with van der Waals surface area (Å²) in [5.74, 6) is -0.509. The molecule has 7 nitrogen and oxygen atoms in total. The van der Waals surface area contributed by atoms with Gasteiger partial charge in [-0.3, -0.25) is 9.10 Å². The first kappa shape index (κ1) is 27.7. The number of methoxy groups -OCH3 is 2. The van der Waals surface area contributed by atoms with Crippen LogP contribution in [0.1, 0.15) is 22.7 Å². The lowest BCUT2D eigenvalue weighted by Crippen LogP contribution is -2.42.